The van der Waals surface area contributed by atoms with Crippen molar-refractivity contribution in [2.24, 2.45) is 0 Å². The number of anilines is 3. The SMILES string of the molecule is CCOc1ccc(Nc2cnc(C(=O)Nc3cc(Cl)ccc3C)cn2)cc1. The second-order valence-electron chi connectivity index (χ2n) is 5.78. The molecule has 27 heavy (non-hydrogen) atoms. The van der Waals surface area contributed by atoms with Crippen LogP contribution in [0.3, 0.4) is 0 Å². The number of halogens is 1. The summed E-state index contributed by atoms with van der Waals surface area (Å²) in [5.41, 5.74) is 2.62. The molecule has 1 amide bonds. The van der Waals surface area contributed by atoms with Crippen LogP contribution in [-0.4, -0.2) is 22.5 Å². The predicted molar refractivity (Wildman–Crippen MR) is 107 cm³/mol. The van der Waals surface area contributed by atoms with E-state index in [1.165, 1.54) is 12.4 Å². The van der Waals surface area contributed by atoms with Gasteiger partial charge in [0.25, 0.3) is 5.91 Å². The summed E-state index contributed by atoms with van der Waals surface area (Å²) in [4.78, 5) is 20.8. The number of carbonyl (C=O) groups is 1. The number of aryl methyl sites for hydroxylation is 1. The van der Waals surface area contributed by atoms with Gasteiger partial charge in [0.15, 0.2) is 0 Å². The van der Waals surface area contributed by atoms with Gasteiger partial charge in [0.2, 0.25) is 0 Å². The van der Waals surface area contributed by atoms with Crippen molar-refractivity contribution < 1.29 is 9.53 Å². The first-order valence-electron chi connectivity index (χ1n) is 8.44. The van der Waals surface area contributed by atoms with E-state index < -0.39 is 0 Å². The van der Waals surface area contributed by atoms with Crippen LogP contribution in [0.2, 0.25) is 5.02 Å². The fourth-order valence-electron chi connectivity index (χ4n) is 2.37. The molecule has 2 aromatic carbocycles. The highest BCUT2D eigenvalue weighted by atomic mass is 35.5. The molecule has 6 nitrogen and oxygen atoms in total. The number of ether oxygens (including phenoxy) is 1. The Bertz CT molecular complexity index is 928. The molecule has 1 heterocycles. The Kier molecular flexibility index (Phi) is 5.88. The zero-order valence-corrected chi connectivity index (χ0v) is 15.7. The molecule has 0 atom stereocenters. The molecule has 2 N–H and O–H groups in total. The maximum atomic E-state index is 12.4. The molecule has 138 valence electrons. The van der Waals surface area contributed by atoms with Crippen LogP contribution >= 0.6 is 11.6 Å². The lowest BCUT2D eigenvalue weighted by Gasteiger charge is -2.09. The highest BCUT2D eigenvalue weighted by Crippen LogP contribution is 2.21. The number of hydrogen-bond acceptors (Lipinski definition) is 5. The zero-order chi connectivity index (χ0) is 19.2. The number of nitrogens with zero attached hydrogens (tertiary/aromatic N) is 2. The second-order valence-corrected chi connectivity index (χ2v) is 6.22. The van der Waals surface area contributed by atoms with E-state index in [1.807, 2.05) is 44.2 Å². The highest BCUT2D eigenvalue weighted by molar-refractivity contribution is 6.31. The van der Waals surface area contributed by atoms with Crippen molar-refractivity contribution in [3.63, 3.8) is 0 Å². The summed E-state index contributed by atoms with van der Waals surface area (Å²) in [6.07, 6.45) is 2.93. The topological polar surface area (TPSA) is 76.1 Å². The number of carbonyl (C=O) groups excluding carboxylic acids is 1. The van der Waals surface area contributed by atoms with E-state index in [0.29, 0.717) is 23.1 Å². The van der Waals surface area contributed by atoms with Gasteiger partial charge in [-0.05, 0) is 55.8 Å². The Balaban J connectivity index is 1.65. The van der Waals surface area contributed by atoms with Gasteiger partial charge in [-0.15, -0.1) is 0 Å². The van der Waals surface area contributed by atoms with Crippen molar-refractivity contribution in [2.45, 2.75) is 13.8 Å². The first-order valence-corrected chi connectivity index (χ1v) is 8.82. The van der Waals surface area contributed by atoms with Crippen LogP contribution in [0.15, 0.2) is 54.9 Å². The van der Waals surface area contributed by atoms with Crippen LogP contribution in [0.25, 0.3) is 0 Å². The van der Waals surface area contributed by atoms with Crippen molar-refractivity contribution in [3.8, 4) is 5.75 Å². The van der Waals surface area contributed by atoms with Crippen molar-refractivity contribution >= 4 is 34.7 Å². The van der Waals surface area contributed by atoms with Crippen LogP contribution in [0, 0.1) is 6.92 Å². The lowest BCUT2D eigenvalue weighted by molar-refractivity contribution is 0.102. The number of amides is 1. The molecule has 3 aromatic rings. The smallest absolute Gasteiger partial charge is 0.275 e. The third kappa shape index (κ3) is 4.95. The van der Waals surface area contributed by atoms with Crippen LogP contribution in [0.1, 0.15) is 23.0 Å². The van der Waals surface area contributed by atoms with E-state index in [0.717, 1.165) is 17.0 Å². The minimum Gasteiger partial charge on any atom is -0.494 e. The number of rotatable bonds is 6. The van der Waals surface area contributed by atoms with Gasteiger partial charge < -0.3 is 15.4 Å². The summed E-state index contributed by atoms with van der Waals surface area (Å²) in [6, 6.07) is 12.8. The van der Waals surface area contributed by atoms with E-state index in [2.05, 4.69) is 20.6 Å². The highest BCUT2D eigenvalue weighted by Gasteiger charge is 2.10. The van der Waals surface area contributed by atoms with E-state index in [4.69, 9.17) is 16.3 Å². The molecule has 0 radical (unpaired) electrons. The quantitative estimate of drug-likeness (QED) is 0.638. The first kappa shape index (κ1) is 18.7. The Morgan fingerprint density at radius 1 is 1.11 bits per heavy atom. The maximum Gasteiger partial charge on any atom is 0.275 e. The molecule has 0 aliphatic rings. The average Bonchev–Trinajstić information content (AvgIpc) is 2.67. The second kappa shape index (κ2) is 8.51. The zero-order valence-electron chi connectivity index (χ0n) is 15.0. The van der Waals surface area contributed by atoms with Crippen molar-refractivity contribution in [3.05, 3.63) is 71.1 Å². The molecule has 0 fully saturated rings. The minimum atomic E-state index is -0.347. The fraction of sp³-hybridized carbons (Fsp3) is 0.150. The lowest BCUT2D eigenvalue weighted by Crippen LogP contribution is -2.15. The Morgan fingerprint density at radius 2 is 1.89 bits per heavy atom. The molecule has 7 heteroatoms. The van der Waals surface area contributed by atoms with Gasteiger partial charge in [-0.2, -0.15) is 0 Å². The normalized spacial score (nSPS) is 10.3. The van der Waals surface area contributed by atoms with E-state index >= 15 is 0 Å². The Hall–Kier alpha value is -3.12. The van der Waals surface area contributed by atoms with Gasteiger partial charge in [-0.3, -0.25) is 4.79 Å². The third-order valence-corrected chi connectivity index (χ3v) is 4.01. The molecule has 0 aliphatic carbocycles. The van der Waals surface area contributed by atoms with Crippen LogP contribution in [0.4, 0.5) is 17.2 Å². The van der Waals surface area contributed by atoms with Crippen LogP contribution < -0.4 is 15.4 Å². The van der Waals surface area contributed by atoms with Gasteiger partial charge >= 0.3 is 0 Å². The third-order valence-electron chi connectivity index (χ3n) is 3.77. The van der Waals surface area contributed by atoms with E-state index in [-0.39, 0.29) is 11.6 Å². The molecular weight excluding hydrogens is 364 g/mol. The van der Waals surface area contributed by atoms with Gasteiger partial charge in [0.05, 0.1) is 19.0 Å². The van der Waals surface area contributed by atoms with E-state index in [1.54, 1.807) is 12.1 Å². The van der Waals surface area contributed by atoms with E-state index in [9.17, 15) is 4.79 Å². The lowest BCUT2D eigenvalue weighted by atomic mass is 10.2. The number of benzene rings is 2. The van der Waals surface area contributed by atoms with Gasteiger partial charge in [-0.25, -0.2) is 9.97 Å². The first-order chi connectivity index (χ1) is 13.0. The molecule has 3 rings (SSSR count). The predicted octanol–water partition coefficient (Wildman–Crippen LogP) is 4.83. The summed E-state index contributed by atoms with van der Waals surface area (Å²) in [7, 11) is 0. The largest absolute Gasteiger partial charge is 0.494 e. The average molecular weight is 383 g/mol. The molecule has 1 aromatic heterocycles. The summed E-state index contributed by atoms with van der Waals surface area (Å²) < 4.78 is 5.41. The molecule has 0 aliphatic heterocycles. The number of aromatic nitrogens is 2. The van der Waals surface area contributed by atoms with Crippen LogP contribution in [0.5, 0.6) is 5.75 Å². The summed E-state index contributed by atoms with van der Waals surface area (Å²) in [6.45, 7) is 4.45. The molecule has 0 saturated heterocycles. The molecule has 0 spiro atoms. The van der Waals surface area contributed by atoms with Gasteiger partial charge in [-0.1, -0.05) is 17.7 Å². The summed E-state index contributed by atoms with van der Waals surface area (Å²) in [5, 5.41) is 6.47. The monoisotopic (exact) mass is 382 g/mol. The number of nitrogens with one attached hydrogen (secondary N) is 2. The summed E-state index contributed by atoms with van der Waals surface area (Å²) in [5.74, 6) is 0.993. The van der Waals surface area contributed by atoms with Gasteiger partial charge in [0.1, 0.15) is 17.3 Å². The molecule has 0 bridgehead atoms. The molecule has 0 unspecified atom stereocenters. The molecular formula is C20H19ClN4O2. The Labute approximate surface area is 162 Å². The van der Waals surface area contributed by atoms with Crippen molar-refractivity contribution in [2.75, 3.05) is 17.2 Å². The maximum absolute atomic E-state index is 12.4. The van der Waals surface area contributed by atoms with Crippen LogP contribution in [-0.2, 0) is 0 Å². The standard InChI is InChI=1S/C20H19ClN4O2/c1-3-27-16-8-6-15(7-9-16)24-19-12-22-18(11-23-19)20(26)25-17-10-14(21)5-4-13(17)2/h4-12H,3H2,1-2H3,(H,23,24)(H,25,26). The summed E-state index contributed by atoms with van der Waals surface area (Å²) >= 11 is 5.98. The van der Waals surface area contributed by atoms with Crippen molar-refractivity contribution in [1.29, 1.82) is 0 Å². The molecule has 0 saturated carbocycles. The minimum absolute atomic E-state index is 0.214. The van der Waals surface area contributed by atoms with Gasteiger partial charge in [0, 0.05) is 16.4 Å². The fourth-order valence-corrected chi connectivity index (χ4v) is 2.55. The van der Waals surface area contributed by atoms with Crippen molar-refractivity contribution in [1.82, 2.24) is 9.97 Å². The Morgan fingerprint density at radius 3 is 2.56 bits per heavy atom. The number of hydrogen-bond donors (Lipinski definition) is 2.